The van der Waals surface area contributed by atoms with Crippen molar-refractivity contribution in [2.45, 2.75) is 13.3 Å². The molecule has 78 valence electrons. The molecule has 0 amide bonds. The number of nitrogens with two attached hydrogens (primary N) is 1. The molecular formula is C11H13N3S. The van der Waals surface area contributed by atoms with E-state index in [9.17, 15) is 0 Å². The second-order valence-electron chi connectivity index (χ2n) is 3.32. The lowest BCUT2D eigenvalue weighted by Crippen LogP contribution is -2.16. The van der Waals surface area contributed by atoms with Crippen LogP contribution in [0.15, 0.2) is 34.5 Å². The van der Waals surface area contributed by atoms with E-state index < -0.39 is 0 Å². The summed E-state index contributed by atoms with van der Waals surface area (Å²) in [6.07, 6.45) is 1.06. The molecule has 2 rings (SSSR count). The zero-order chi connectivity index (χ0) is 10.7. The van der Waals surface area contributed by atoms with E-state index in [0.717, 1.165) is 23.4 Å². The van der Waals surface area contributed by atoms with E-state index in [2.05, 4.69) is 41.4 Å². The molecule has 1 aliphatic rings. The first kappa shape index (κ1) is 10.2. The minimum atomic E-state index is 0.545. The highest BCUT2D eigenvalue weighted by Crippen LogP contribution is 2.14. The lowest BCUT2D eigenvalue weighted by Gasteiger charge is -2.09. The van der Waals surface area contributed by atoms with Gasteiger partial charge >= 0.3 is 0 Å². The van der Waals surface area contributed by atoms with Crippen LogP contribution in [0, 0.1) is 0 Å². The molecule has 15 heavy (non-hydrogen) atoms. The van der Waals surface area contributed by atoms with Crippen LogP contribution in [0.5, 0.6) is 0 Å². The summed E-state index contributed by atoms with van der Waals surface area (Å²) >= 11 is 1.53. The Balaban J connectivity index is 2.23. The summed E-state index contributed by atoms with van der Waals surface area (Å²) in [5, 5.41) is 8.52. The Morgan fingerprint density at radius 3 is 2.53 bits per heavy atom. The molecule has 0 bridgehead atoms. The van der Waals surface area contributed by atoms with Crippen molar-refractivity contribution in [3.05, 3.63) is 35.4 Å². The maximum Gasteiger partial charge on any atom is 0.180 e. The van der Waals surface area contributed by atoms with Gasteiger partial charge in [-0.15, -0.1) is 5.10 Å². The van der Waals surface area contributed by atoms with Crippen molar-refractivity contribution >= 4 is 22.6 Å². The number of thioether (sulfide) groups is 1. The largest absolute Gasteiger partial charge is 0.377 e. The number of benzene rings is 1. The molecule has 0 fully saturated rings. The van der Waals surface area contributed by atoms with Gasteiger partial charge in [0.05, 0.1) is 5.71 Å². The molecule has 4 heteroatoms. The van der Waals surface area contributed by atoms with E-state index in [-0.39, 0.29) is 0 Å². The predicted molar refractivity (Wildman–Crippen MR) is 66.4 cm³/mol. The van der Waals surface area contributed by atoms with Gasteiger partial charge in [-0.25, -0.2) is 0 Å². The van der Waals surface area contributed by atoms with Crippen LogP contribution in [0.25, 0.3) is 0 Å². The van der Waals surface area contributed by atoms with E-state index in [1.165, 1.54) is 17.3 Å². The predicted octanol–water partition coefficient (Wildman–Crippen LogP) is 2.01. The van der Waals surface area contributed by atoms with Gasteiger partial charge in [0.25, 0.3) is 0 Å². The molecule has 0 spiro atoms. The summed E-state index contributed by atoms with van der Waals surface area (Å²) in [5.74, 6) is 0.806. The summed E-state index contributed by atoms with van der Waals surface area (Å²) in [7, 11) is 0. The topological polar surface area (TPSA) is 50.7 Å². The van der Waals surface area contributed by atoms with Crippen LogP contribution in [0.2, 0.25) is 0 Å². The maximum absolute atomic E-state index is 5.53. The molecule has 2 N–H and O–H groups in total. The van der Waals surface area contributed by atoms with Gasteiger partial charge in [0.1, 0.15) is 0 Å². The normalized spacial score (nSPS) is 15.8. The van der Waals surface area contributed by atoms with Crippen molar-refractivity contribution in [3.63, 3.8) is 0 Å². The number of rotatable bonds is 2. The third-order valence-corrected chi connectivity index (χ3v) is 3.12. The molecule has 0 aromatic heterocycles. The zero-order valence-electron chi connectivity index (χ0n) is 8.60. The van der Waals surface area contributed by atoms with Crippen LogP contribution in [0.1, 0.15) is 18.1 Å². The number of amidine groups is 1. The summed E-state index contributed by atoms with van der Waals surface area (Å²) in [6.45, 7) is 2.15. The van der Waals surface area contributed by atoms with Gasteiger partial charge in [0.15, 0.2) is 5.17 Å². The smallest absolute Gasteiger partial charge is 0.180 e. The first-order chi connectivity index (χ1) is 7.29. The quantitative estimate of drug-likeness (QED) is 0.827. The Morgan fingerprint density at radius 2 is 2.00 bits per heavy atom. The van der Waals surface area contributed by atoms with E-state index in [0.29, 0.717) is 5.17 Å². The molecule has 3 nitrogen and oxygen atoms in total. The Bertz CT molecular complexity index is 406. The molecule has 0 unspecified atom stereocenters. The van der Waals surface area contributed by atoms with Crippen LogP contribution in [-0.4, -0.2) is 16.6 Å². The molecule has 0 atom stereocenters. The fraction of sp³-hybridized carbons (Fsp3) is 0.273. The van der Waals surface area contributed by atoms with Crippen LogP contribution in [-0.2, 0) is 6.42 Å². The molecule has 1 aromatic rings. The highest BCUT2D eigenvalue weighted by Gasteiger charge is 2.09. The Hall–Kier alpha value is -1.29. The van der Waals surface area contributed by atoms with Gasteiger partial charge in [-0.1, -0.05) is 43.0 Å². The summed E-state index contributed by atoms with van der Waals surface area (Å²) in [4.78, 5) is 0. The molecule has 1 aliphatic heterocycles. The van der Waals surface area contributed by atoms with Crippen molar-refractivity contribution in [1.82, 2.24) is 0 Å². The monoisotopic (exact) mass is 219 g/mol. The second kappa shape index (κ2) is 4.49. The van der Waals surface area contributed by atoms with Crippen molar-refractivity contribution in [2.75, 3.05) is 5.75 Å². The van der Waals surface area contributed by atoms with Gasteiger partial charge in [0, 0.05) is 5.75 Å². The van der Waals surface area contributed by atoms with E-state index >= 15 is 0 Å². The van der Waals surface area contributed by atoms with E-state index in [4.69, 9.17) is 5.73 Å². The lowest BCUT2D eigenvalue weighted by atomic mass is 10.1. The van der Waals surface area contributed by atoms with E-state index in [1.54, 1.807) is 0 Å². The van der Waals surface area contributed by atoms with Crippen molar-refractivity contribution < 1.29 is 0 Å². The van der Waals surface area contributed by atoms with Gasteiger partial charge in [0.2, 0.25) is 0 Å². The lowest BCUT2D eigenvalue weighted by molar-refractivity contribution is 1.14. The molecule has 1 heterocycles. The Labute approximate surface area is 93.5 Å². The van der Waals surface area contributed by atoms with Gasteiger partial charge in [-0.2, -0.15) is 5.10 Å². The first-order valence-corrected chi connectivity index (χ1v) is 5.90. The molecule has 0 saturated carbocycles. The van der Waals surface area contributed by atoms with Crippen molar-refractivity contribution in [3.8, 4) is 0 Å². The standard InChI is InChI=1S/C11H13N3S/c1-2-8-3-5-9(6-4-8)10-7-15-11(12)14-13-10/h3-6H,2,7H2,1H3,(H2,12,14). The average molecular weight is 219 g/mol. The maximum atomic E-state index is 5.53. The molecule has 1 aromatic carbocycles. The number of aryl methyl sites for hydroxylation is 1. The first-order valence-electron chi connectivity index (χ1n) is 4.91. The molecule has 0 saturated heterocycles. The average Bonchev–Trinajstić information content (AvgIpc) is 2.30. The fourth-order valence-corrected chi connectivity index (χ4v) is 1.99. The zero-order valence-corrected chi connectivity index (χ0v) is 9.42. The number of hydrogen-bond donors (Lipinski definition) is 1. The highest BCUT2D eigenvalue weighted by molar-refractivity contribution is 8.14. The molecular weight excluding hydrogens is 206 g/mol. The summed E-state index contributed by atoms with van der Waals surface area (Å²) in [5.41, 5.74) is 9.00. The van der Waals surface area contributed by atoms with Crippen molar-refractivity contribution in [1.29, 1.82) is 0 Å². The SMILES string of the molecule is CCc1ccc(C2=NN=C(N)SC2)cc1. The molecule has 0 aliphatic carbocycles. The van der Waals surface area contributed by atoms with Gasteiger partial charge in [-0.3, -0.25) is 0 Å². The Kier molecular flexibility index (Phi) is 3.06. The van der Waals surface area contributed by atoms with Crippen LogP contribution < -0.4 is 5.73 Å². The van der Waals surface area contributed by atoms with E-state index in [1.807, 2.05) is 0 Å². The van der Waals surface area contributed by atoms with Crippen LogP contribution >= 0.6 is 11.8 Å². The van der Waals surface area contributed by atoms with Crippen molar-refractivity contribution in [2.24, 2.45) is 15.9 Å². The summed E-state index contributed by atoms with van der Waals surface area (Å²) in [6, 6.07) is 8.44. The molecule has 0 radical (unpaired) electrons. The third kappa shape index (κ3) is 2.39. The fourth-order valence-electron chi connectivity index (χ4n) is 1.38. The van der Waals surface area contributed by atoms with Gasteiger partial charge in [-0.05, 0) is 17.5 Å². The Morgan fingerprint density at radius 1 is 1.27 bits per heavy atom. The minimum Gasteiger partial charge on any atom is -0.377 e. The van der Waals surface area contributed by atoms with Gasteiger partial charge < -0.3 is 5.73 Å². The summed E-state index contributed by atoms with van der Waals surface area (Å²) < 4.78 is 0. The third-order valence-electron chi connectivity index (χ3n) is 2.32. The number of nitrogens with zero attached hydrogens (tertiary/aromatic N) is 2. The van der Waals surface area contributed by atoms with Crippen LogP contribution in [0.3, 0.4) is 0 Å². The van der Waals surface area contributed by atoms with Crippen LogP contribution in [0.4, 0.5) is 0 Å². The highest BCUT2D eigenvalue weighted by atomic mass is 32.2. The second-order valence-corrected chi connectivity index (χ2v) is 4.32. The minimum absolute atomic E-state index is 0.545. The number of hydrogen-bond acceptors (Lipinski definition) is 4.